The van der Waals surface area contributed by atoms with Gasteiger partial charge in [0.1, 0.15) is 0 Å². The van der Waals surface area contributed by atoms with Crippen LogP contribution in [0.2, 0.25) is 0 Å². The molecule has 2 rings (SSSR count). The van der Waals surface area contributed by atoms with E-state index in [9.17, 15) is 13.2 Å². The highest BCUT2D eigenvalue weighted by atomic mass is 32.2. The van der Waals surface area contributed by atoms with Gasteiger partial charge in [-0.05, 0) is 30.0 Å². The van der Waals surface area contributed by atoms with Crippen molar-refractivity contribution in [2.24, 2.45) is 5.92 Å². The summed E-state index contributed by atoms with van der Waals surface area (Å²) in [6.45, 7) is 3.65. The second-order valence-electron chi connectivity index (χ2n) is 6.42. The van der Waals surface area contributed by atoms with Crippen LogP contribution in [0.4, 0.5) is 0 Å². The Balaban J connectivity index is 2.74. The molecule has 0 aliphatic carbocycles. The normalized spacial score (nSPS) is 13.7. The Morgan fingerprint density at radius 3 is 2.46 bits per heavy atom. The van der Waals surface area contributed by atoms with Gasteiger partial charge >= 0.3 is 0 Å². The summed E-state index contributed by atoms with van der Waals surface area (Å²) in [5.74, 6) is -0.546. The van der Waals surface area contributed by atoms with Gasteiger partial charge in [0.2, 0.25) is 0 Å². The minimum Gasteiger partial charge on any atom is -0.272 e. The lowest BCUT2D eigenvalue weighted by Gasteiger charge is -2.32. The van der Waals surface area contributed by atoms with Crippen molar-refractivity contribution in [3.8, 4) is 17.6 Å². The minimum atomic E-state index is -3.90. The van der Waals surface area contributed by atoms with E-state index in [1.54, 1.807) is 48.9 Å². The molecule has 1 N–H and O–H groups in total. The number of nitriles is 1. The molecule has 0 radical (unpaired) electrons. The SMILES string of the molecule is CC(C)CC(C(=O)NC#N)(c1cccc(-c2ncccn2)c1)S(C)(=O)=O. The van der Waals surface area contributed by atoms with Crippen LogP contribution in [-0.2, 0) is 19.4 Å². The number of carbonyl (C=O) groups is 1. The van der Waals surface area contributed by atoms with Crippen LogP contribution in [0, 0.1) is 17.4 Å². The molecule has 1 aromatic carbocycles. The van der Waals surface area contributed by atoms with Gasteiger partial charge in [-0.1, -0.05) is 32.0 Å². The van der Waals surface area contributed by atoms with Crippen molar-refractivity contribution in [2.45, 2.75) is 25.0 Å². The number of amides is 1. The zero-order chi connectivity index (χ0) is 19.4. The van der Waals surface area contributed by atoms with Gasteiger partial charge in [0.15, 0.2) is 26.6 Å². The summed E-state index contributed by atoms with van der Waals surface area (Å²) in [7, 11) is -3.90. The number of rotatable bonds is 6. The van der Waals surface area contributed by atoms with Crippen LogP contribution in [0.25, 0.3) is 11.4 Å². The third kappa shape index (κ3) is 3.73. The number of hydrogen-bond donors (Lipinski definition) is 1. The van der Waals surface area contributed by atoms with E-state index in [4.69, 9.17) is 5.26 Å². The first-order valence-corrected chi connectivity index (χ1v) is 9.88. The predicted molar refractivity (Wildman–Crippen MR) is 97.2 cm³/mol. The van der Waals surface area contributed by atoms with Crippen LogP contribution in [-0.4, -0.2) is 30.5 Å². The molecule has 1 heterocycles. The highest BCUT2D eigenvalue weighted by Crippen LogP contribution is 2.38. The van der Waals surface area contributed by atoms with Crippen molar-refractivity contribution in [3.63, 3.8) is 0 Å². The Hall–Kier alpha value is -2.79. The molecule has 8 heteroatoms. The van der Waals surface area contributed by atoms with E-state index in [2.05, 4.69) is 9.97 Å². The maximum atomic E-state index is 12.8. The molecule has 26 heavy (non-hydrogen) atoms. The van der Waals surface area contributed by atoms with Crippen molar-refractivity contribution in [2.75, 3.05) is 6.26 Å². The number of hydrogen-bond acceptors (Lipinski definition) is 6. The maximum absolute atomic E-state index is 12.8. The molecule has 1 aromatic heterocycles. The molecule has 2 aromatic rings. The van der Waals surface area contributed by atoms with E-state index < -0.39 is 20.5 Å². The van der Waals surface area contributed by atoms with Crippen LogP contribution >= 0.6 is 0 Å². The van der Waals surface area contributed by atoms with Gasteiger partial charge < -0.3 is 0 Å². The van der Waals surface area contributed by atoms with Gasteiger partial charge in [-0.25, -0.2) is 18.4 Å². The fraction of sp³-hybridized carbons (Fsp3) is 0.333. The quantitative estimate of drug-likeness (QED) is 0.613. The molecular formula is C18H20N4O3S. The van der Waals surface area contributed by atoms with Crippen molar-refractivity contribution in [3.05, 3.63) is 48.3 Å². The van der Waals surface area contributed by atoms with Gasteiger partial charge in [0.25, 0.3) is 5.91 Å². The molecule has 0 aliphatic rings. The van der Waals surface area contributed by atoms with Crippen molar-refractivity contribution in [1.82, 2.24) is 15.3 Å². The van der Waals surface area contributed by atoms with Crippen LogP contribution < -0.4 is 5.32 Å². The van der Waals surface area contributed by atoms with Crippen molar-refractivity contribution in [1.29, 1.82) is 5.26 Å². The summed E-state index contributed by atoms with van der Waals surface area (Å²) < 4.78 is 23.6. The average Bonchev–Trinajstić information content (AvgIpc) is 2.59. The first-order chi connectivity index (χ1) is 12.2. The van der Waals surface area contributed by atoms with E-state index in [0.29, 0.717) is 11.4 Å². The molecule has 0 spiro atoms. The van der Waals surface area contributed by atoms with Gasteiger partial charge in [-0.3, -0.25) is 10.1 Å². The zero-order valence-corrected chi connectivity index (χ0v) is 15.6. The largest absolute Gasteiger partial charge is 0.272 e. The maximum Gasteiger partial charge on any atom is 0.258 e. The number of benzene rings is 1. The molecule has 136 valence electrons. The lowest BCUT2D eigenvalue weighted by molar-refractivity contribution is -0.123. The Kier molecular flexibility index (Phi) is 5.73. The second-order valence-corrected chi connectivity index (χ2v) is 8.66. The summed E-state index contributed by atoms with van der Waals surface area (Å²) in [5, 5.41) is 10.9. The predicted octanol–water partition coefficient (Wildman–Crippen LogP) is 2.03. The van der Waals surface area contributed by atoms with E-state index >= 15 is 0 Å². The smallest absolute Gasteiger partial charge is 0.258 e. The van der Waals surface area contributed by atoms with Crippen LogP contribution in [0.15, 0.2) is 42.7 Å². The zero-order valence-electron chi connectivity index (χ0n) is 14.8. The average molecular weight is 372 g/mol. The molecule has 0 saturated carbocycles. The topological polar surface area (TPSA) is 113 Å². The first-order valence-electron chi connectivity index (χ1n) is 7.99. The van der Waals surface area contributed by atoms with Gasteiger partial charge in [0.05, 0.1) is 0 Å². The van der Waals surface area contributed by atoms with Crippen LogP contribution in [0.1, 0.15) is 25.8 Å². The lowest BCUT2D eigenvalue weighted by atomic mass is 9.87. The summed E-state index contributed by atoms with van der Waals surface area (Å²) in [4.78, 5) is 21.1. The number of nitrogens with zero attached hydrogens (tertiary/aromatic N) is 3. The summed E-state index contributed by atoms with van der Waals surface area (Å²) in [6, 6.07) is 8.24. The summed E-state index contributed by atoms with van der Waals surface area (Å²) in [5.41, 5.74) is 0.871. The Morgan fingerprint density at radius 1 is 1.27 bits per heavy atom. The monoisotopic (exact) mass is 372 g/mol. The van der Waals surface area contributed by atoms with Gasteiger partial charge in [-0.15, -0.1) is 0 Å². The number of nitrogens with one attached hydrogen (secondary N) is 1. The lowest BCUT2D eigenvalue weighted by Crippen LogP contribution is -2.49. The fourth-order valence-electron chi connectivity index (χ4n) is 2.96. The number of carbonyl (C=O) groups excluding carboxylic acids is 1. The fourth-order valence-corrected chi connectivity index (χ4v) is 4.54. The molecule has 7 nitrogen and oxygen atoms in total. The van der Waals surface area contributed by atoms with Crippen molar-refractivity contribution < 1.29 is 13.2 Å². The Bertz CT molecular complexity index is 936. The molecule has 1 atom stereocenters. The number of sulfone groups is 1. The summed E-state index contributed by atoms with van der Waals surface area (Å²) >= 11 is 0. The van der Waals surface area contributed by atoms with E-state index in [-0.39, 0.29) is 17.9 Å². The second kappa shape index (κ2) is 7.62. The van der Waals surface area contributed by atoms with Gasteiger partial charge in [-0.2, -0.15) is 5.26 Å². The molecule has 0 bridgehead atoms. The molecule has 0 fully saturated rings. The van der Waals surface area contributed by atoms with Crippen molar-refractivity contribution >= 4 is 15.7 Å². The highest BCUT2D eigenvalue weighted by Gasteiger charge is 2.50. The third-order valence-corrected chi connectivity index (χ3v) is 5.87. The molecule has 1 unspecified atom stereocenters. The number of aromatic nitrogens is 2. The van der Waals surface area contributed by atoms with Crippen LogP contribution in [0.3, 0.4) is 0 Å². The third-order valence-electron chi connectivity index (χ3n) is 4.02. The van der Waals surface area contributed by atoms with E-state index in [1.165, 1.54) is 0 Å². The summed E-state index contributed by atoms with van der Waals surface area (Å²) in [6.07, 6.45) is 5.75. The first kappa shape index (κ1) is 19.5. The minimum absolute atomic E-state index is 0.0401. The van der Waals surface area contributed by atoms with E-state index in [0.717, 1.165) is 6.26 Å². The molecular weight excluding hydrogens is 352 g/mol. The molecule has 0 saturated heterocycles. The standard InChI is InChI=1S/C18H20N4O3S/c1-13(2)11-18(26(3,24)25,17(23)22-12-19)15-7-4-6-14(10-15)16-20-8-5-9-21-16/h4-10,13H,11H2,1-3H3,(H,22,23). The molecule has 0 aliphatic heterocycles. The Morgan fingerprint density at radius 2 is 1.92 bits per heavy atom. The Labute approximate surface area is 153 Å². The highest BCUT2D eigenvalue weighted by molar-refractivity contribution is 7.92. The van der Waals surface area contributed by atoms with Gasteiger partial charge in [0, 0.05) is 24.2 Å². The van der Waals surface area contributed by atoms with Crippen LogP contribution in [0.5, 0.6) is 0 Å². The van der Waals surface area contributed by atoms with E-state index in [1.807, 2.05) is 19.2 Å². The molecule has 1 amide bonds.